The Kier molecular flexibility index (Phi) is 8.15. The summed E-state index contributed by atoms with van der Waals surface area (Å²) in [7, 11) is 0. The van der Waals surface area contributed by atoms with Crippen molar-refractivity contribution in [1.82, 2.24) is 19.7 Å². The van der Waals surface area contributed by atoms with Crippen molar-refractivity contribution in [3.05, 3.63) is 61.4 Å². The molecule has 0 saturated heterocycles. The van der Waals surface area contributed by atoms with Crippen molar-refractivity contribution in [2.24, 2.45) is 5.41 Å². The van der Waals surface area contributed by atoms with Crippen molar-refractivity contribution in [2.75, 3.05) is 6.54 Å². The van der Waals surface area contributed by atoms with Gasteiger partial charge in [0.2, 0.25) is 0 Å². The average Bonchev–Trinajstić information content (AvgIpc) is 3.02. The highest BCUT2D eigenvalue weighted by atomic mass is 35.5. The van der Waals surface area contributed by atoms with Gasteiger partial charge in [0.25, 0.3) is 11.5 Å². The van der Waals surface area contributed by atoms with Gasteiger partial charge in [-0.05, 0) is 36.5 Å². The van der Waals surface area contributed by atoms with Gasteiger partial charge < -0.3 is 10.4 Å². The summed E-state index contributed by atoms with van der Waals surface area (Å²) in [6, 6.07) is 4.36. The number of hydrogen-bond donors (Lipinski definition) is 2. The lowest BCUT2D eigenvalue weighted by molar-refractivity contribution is 0.0246. The topological polar surface area (TPSA) is 123 Å². The Balaban J connectivity index is 1.90. The van der Waals surface area contributed by atoms with E-state index < -0.39 is 28.2 Å². The minimum atomic E-state index is -0.957. The first-order chi connectivity index (χ1) is 16.4. The van der Waals surface area contributed by atoms with Gasteiger partial charge in [0.15, 0.2) is 0 Å². The number of halogens is 1. The summed E-state index contributed by atoms with van der Waals surface area (Å²) in [5.41, 5.74) is -2.39. The molecule has 188 valence electrons. The van der Waals surface area contributed by atoms with Gasteiger partial charge in [-0.15, -0.1) is 0 Å². The quantitative estimate of drug-likeness (QED) is 0.462. The molecule has 1 aliphatic carbocycles. The van der Waals surface area contributed by atoms with E-state index in [0.717, 1.165) is 41.1 Å². The van der Waals surface area contributed by atoms with Crippen molar-refractivity contribution >= 4 is 23.4 Å². The van der Waals surface area contributed by atoms with E-state index in [0.29, 0.717) is 12.8 Å². The number of nitrogens with one attached hydrogen (secondary N) is 1. The lowest BCUT2D eigenvalue weighted by Gasteiger charge is -2.27. The maximum absolute atomic E-state index is 13.1. The van der Waals surface area contributed by atoms with Gasteiger partial charge in [0.05, 0.1) is 28.4 Å². The molecule has 1 aliphatic rings. The number of rotatable bonds is 6. The van der Waals surface area contributed by atoms with Crippen LogP contribution in [0.2, 0.25) is 5.02 Å². The smallest absolute Gasteiger partial charge is 0.352 e. The molecule has 9 nitrogen and oxygen atoms in total. The Labute approximate surface area is 208 Å². The minimum absolute atomic E-state index is 0.100. The first-order valence-electron chi connectivity index (χ1n) is 11.7. The third-order valence-electron chi connectivity index (χ3n) is 6.36. The monoisotopic (exact) mass is 502 g/mol. The number of amides is 1. The summed E-state index contributed by atoms with van der Waals surface area (Å²) in [6.45, 7) is 5.23. The molecule has 0 unspecified atom stereocenters. The van der Waals surface area contributed by atoms with Crippen LogP contribution in [0.3, 0.4) is 0 Å². The standard InChI is InChI=1S/C25H31ClN4O5/c1-24(2,3)17(15-31)14-29-21(32)13-28-30(23(29)34)18-8-9-20(26)19(12-18)22(33)27-16-25(35)10-6-4-5-7-11-25/h8-9,12-13,35H,4-7,10-11,14,16H2,1-3H3,(H,27,33). The molecule has 0 atom stereocenters. The fraction of sp³-hybridized carbons (Fsp3) is 0.520. The van der Waals surface area contributed by atoms with E-state index in [9.17, 15) is 24.3 Å². The summed E-state index contributed by atoms with van der Waals surface area (Å²) in [5, 5.41) is 17.7. The molecule has 2 N–H and O–H groups in total. The van der Waals surface area contributed by atoms with Gasteiger partial charge in [-0.25, -0.2) is 9.59 Å². The number of aliphatic hydroxyl groups is 1. The number of allylic oxidation sites excluding steroid dienone is 1. The van der Waals surface area contributed by atoms with E-state index in [1.54, 1.807) is 20.8 Å². The van der Waals surface area contributed by atoms with E-state index in [2.05, 4.69) is 10.4 Å². The van der Waals surface area contributed by atoms with Crippen molar-refractivity contribution in [3.63, 3.8) is 0 Å². The molecule has 1 amide bonds. The zero-order valence-corrected chi connectivity index (χ0v) is 21.0. The van der Waals surface area contributed by atoms with Crippen LogP contribution in [-0.2, 0) is 11.3 Å². The number of carbonyl (C=O) groups excluding carboxylic acids is 2. The van der Waals surface area contributed by atoms with Crippen molar-refractivity contribution in [3.8, 4) is 5.69 Å². The molecule has 3 rings (SSSR count). The molecular weight excluding hydrogens is 472 g/mol. The molecule has 1 aromatic heterocycles. The fourth-order valence-electron chi connectivity index (χ4n) is 4.06. The Morgan fingerprint density at radius 1 is 1.20 bits per heavy atom. The third-order valence-corrected chi connectivity index (χ3v) is 6.69. The van der Waals surface area contributed by atoms with E-state index in [4.69, 9.17) is 11.6 Å². The van der Waals surface area contributed by atoms with Gasteiger partial charge in [0.1, 0.15) is 12.1 Å². The van der Waals surface area contributed by atoms with Crippen molar-refractivity contribution in [1.29, 1.82) is 0 Å². The summed E-state index contributed by atoms with van der Waals surface area (Å²) < 4.78 is 1.87. The SMILES string of the molecule is CC(C)(C)C(=C=O)Cn1c(=O)cnn(-c2ccc(Cl)c(C(=O)NCC3(O)CCCCCC3)c2)c1=O. The van der Waals surface area contributed by atoms with Crippen LogP contribution in [0.1, 0.15) is 69.7 Å². The maximum Gasteiger partial charge on any atom is 0.352 e. The highest BCUT2D eigenvalue weighted by molar-refractivity contribution is 6.33. The molecule has 1 fully saturated rings. The molecule has 1 aromatic carbocycles. The molecule has 0 aliphatic heterocycles. The number of aromatic nitrogens is 3. The number of carbonyl (C=O) groups is 1. The highest BCUT2D eigenvalue weighted by Gasteiger charge is 2.29. The first kappa shape index (κ1) is 26.6. The molecule has 0 spiro atoms. The Morgan fingerprint density at radius 2 is 1.86 bits per heavy atom. The maximum atomic E-state index is 13.1. The summed E-state index contributed by atoms with van der Waals surface area (Å²) in [5.74, 6) is 1.34. The lowest BCUT2D eigenvalue weighted by Crippen LogP contribution is -2.43. The van der Waals surface area contributed by atoms with Crippen LogP contribution < -0.4 is 16.6 Å². The number of benzene rings is 1. The Bertz CT molecular complexity index is 1260. The molecular formula is C25H31ClN4O5. The second kappa shape index (κ2) is 10.7. The normalized spacial score (nSPS) is 15.7. The van der Waals surface area contributed by atoms with Crippen LogP contribution >= 0.6 is 11.6 Å². The molecule has 35 heavy (non-hydrogen) atoms. The molecule has 1 saturated carbocycles. The van der Waals surface area contributed by atoms with Crippen LogP contribution in [0.4, 0.5) is 0 Å². The van der Waals surface area contributed by atoms with Gasteiger partial charge in [0, 0.05) is 12.1 Å². The number of nitrogens with zero attached hydrogens (tertiary/aromatic N) is 3. The summed E-state index contributed by atoms with van der Waals surface area (Å²) in [4.78, 5) is 49.8. The first-order valence-corrected chi connectivity index (χ1v) is 12.1. The fourth-order valence-corrected chi connectivity index (χ4v) is 4.26. The van der Waals surface area contributed by atoms with E-state index in [-0.39, 0.29) is 34.9 Å². The van der Waals surface area contributed by atoms with Gasteiger partial charge in [-0.1, -0.05) is 58.1 Å². The van der Waals surface area contributed by atoms with Gasteiger partial charge >= 0.3 is 5.69 Å². The molecule has 10 heteroatoms. The second-order valence-corrected chi connectivity index (χ2v) is 10.5. The van der Waals surface area contributed by atoms with Gasteiger partial charge in [-0.3, -0.25) is 14.2 Å². The van der Waals surface area contributed by atoms with Crippen LogP contribution in [0.5, 0.6) is 0 Å². The molecule has 0 radical (unpaired) electrons. The van der Waals surface area contributed by atoms with Crippen molar-refractivity contribution in [2.45, 2.75) is 71.4 Å². The highest BCUT2D eigenvalue weighted by Crippen LogP contribution is 2.27. The predicted octanol–water partition coefficient (Wildman–Crippen LogP) is 2.67. The van der Waals surface area contributed by atoms with Crippen LogP contribution in [-0.4, -0.2) is 43.4 Å². The molecule has 1 heterocycles. The second-order valence-electron chi connectivity index (χ2n) is 10.1. The molecule has 0 bridgehead atoms. The van der Waals surface area contributed by atoms with Crippen LogP contribution in [0.15, 0.2) is 39.6 Å². The predicted molar refractivity (Wildman–Crippen MR) is 133 cm³/mol. The van der Waals surface area contributed by atoms with E-state index in [1.807, 2.05) is 5.94 Å². The number of hydrogen-bond acceptors (Lipinski definition) is 6. The Morgan fingerprint density at radius 3 is 2.46 bits per heavy atom. The zero-order chi connectivity index (χ0) is 25.8. The minimum Gasteiger partial charge on any atom is -0.388 e. The van der Waals surface area contributed by atoms with E-state index in [1.165, 1.54) is 18.2 Å². The average molecular weight is 503 g/mol. The largest absolute Gasteiger partial charge is 0.388 e. The van der Waals surface area contributed by atoms with Crippen LogP contribution in [0.25, 0.3) is 5.69 Å². The summed E-state index contributed by atoms with van der Waals surface area (Å²) >= 11 is 6.26. The van der Waals surface area contributed by atoms with Crippen molar-refractivity contribution < 1.29 is 14.7 Å². The Hall–Kier alpha value is -3.00. The van der Waals surface area contributed by atoms with Crippen LogP contribution in [0, 0.1) is 5.41 Å². The third kappa shape index (κ3) is 6.36. The van der Waals surface area contributed by atoms with Gasteiger partial charge in [-0.2, -0.15) is 9.78 Å². The summed E-state index contributed by atoms with van der Waals surface area (Å²) in [6.07, 6.45) is 6.15. The van der Waals surface area contributed by atoms with E-state index >= 15 is 0 Å². The lowest BCUT2D eigenvalue weighted by atomic mass is 9.87. The zero-order valence-electron chi connectivity index (χ0n) is 20.3. The molecule has 2 aromatic rings.